The minimum Gasteiger partial charge on any atom is -0.464 e. The number of nitrogens with one attached hydrogen (secondary N) is 1. The molecule has 0 bridgehead atoms. The largest absolute Gasteiger partial charge is 0.464 e. The molecular weight excluding hydrogens is 582 g/mol. The fourth-order valence-electron chi connectivity index (χ4n) is 4.92. The number of benzene rings is 2. The number of carbonyl (C=O) groups excluding carboxylic acids is 6. The molecule has 1 aliphatic rings. The Balaban J connectivity index is 2.22. The maximum absolute atomic E-state index is 13.5. The van der Waals surface area contributed by atoms with Crippen molar-refractivity contribution in [2.45, 2.75) is 77.3 Å². The second-order valence-electron chi connectivity index (χ2n) is 10.0. The Bertz CT molecular complexity index is 1410. The molecule has 0 aliphatic carbocycles. The van der Waals surface area contributed by atoms with Crippen LogP contribution in [0.3, 0.4) is 0 Å². The average molecular weight is 618 g/mol. The summed E-state index contributed by atoms with van der Waals surface area (Å²) in [6.07, 6.45) is -6.58. The number of methoxy groups -OCH3 is 1. The second kappa shape index (κ2) is 14.6. The molecule has 1 amide bonds. The van der Waals surface area contributed by atoms with Crippen molar-refractivity contribution >= 4 is 46.5 Å². The molecule has 3 rings (SSSR count). The van der Waals surface area contributed by atoms with E-state index in [-0.39, 0.29) is 5.75 Å². The molecule has 2 aromatic carbocycles. The monoisotopic (exact) mass is 617 g/mol. The van der Waals surface area contributed by atoms with Crippen LogP contribution in [0.25, 0.3) is 10.8 Å². The van der Waals surface area contributed by atoms with E-state index in [1.807, 2.05) is 24.3 Å². The van der Waals surface area contributed by atoms with Crippen LogP contribution in [0.15, 0.2) is 42.5 Å². The van der Waals surface area contributed by atoms with E-state index in [9.17, 15) is 28.8 Å². The summed E-state index contributed by atoms with van der Waals surface area (Å²) >= 11 is 0. The van der Waals surface area contributed by atoms with E-state index in [1.54, 1.807) is 18.2 Å². The highest BCUT2D eigenvalue weighted by Gasteiger charge is 2.60. The van der Waals surface area contributed by atoms with E-state index in [1.165, 1.54) is 6.92 Å². The highest BCUT2D eigenvalue weighted by Crippen LogP contribution is 2.38. The molecule has 1 saturated heterocycles. The maximum atomic E-state index is 13.5. The molecule has 238 valence electrons. The predicted molar refractivity (Wildman–Crippen MR) is 150 cm³/mol. The highest BCUT2D eigenvalue weighted by molar-refractivity contribution is 5.84. The van der Waals surface area contributed by atoms with Gasteiger partial charge in [0.15, 0.2) is 12.2 Å². The second-order valence-corrected chi connectivity index (χ2v) is 10.0. The Morgan fingerprint density at radius 1 is 0.886 bits per heavy atom. The fourth-order valence-corrected chi connectivity index (χ4v) is 4.92. The molecular formula is C30H35NO13. The quantitative estimate of drug-likeness (QED) is 0.285. The SMILES string of the molecule is COC(=O)[C@]1(Oc2ccc3ccccc3c2)C[C@H](OC(C)=O)[C@@H](NC(C)=O)[C@H]([C@@H](OC(C)=O)[C@@H](COC(C)=O)OC(C)=O)O1. The van der Waals surface area contributed by atoms with Crippen molar-refractivity contribution in [2.75, 3.05) is 13.7 Å². The van der Waals surface area contributed by atoms with Gasteiger partial charge in [0.05, 0.1) is 19.6 Å². The minimum absolute atomic E-state index is 0.160. The molecule has 44 heavy (non-hydrogen) atoms. The molecule has 0 spiro atoms. The smallest absolute Gasteiger partial charge is 0.379 e. The first-order chi connectivity index (χ1) is 20.7. The van der Waals surface area contributed by atoms with Gasteiger partial charge in [-0.3, -0.25) is 24.0 Å². The Kier molecular flexibility index (Phi) is 11.2. The summed E-state index contributed by atoms with van der Waals surface area (Å²) in [5.74, 6) is -7.09. The summed E-state index contributed by atoms with van der Waals surface area (Å²) in [4.78, 5) is 74.3. The summed E-state index contributed by atoms with van der Waals surface area (Å²) in [5.41, 5.74) is 0. The molecule has 0 unspecified atom stereocenters. The third kappa shape index (κ3) is 8.66. The lowest BCUT2D eigenvalue weighted by Gasteiger charge is -2.48. The van der Waals surface area contributed by atoms with Crippen LogP contribution < -0.4 is 10.1 Å². The Hall–Kier alpha value is -4.72. The normalized spacial score (nSPS) is 22.5. The highest BCUT2D eigenvalue weighted by atomic mass is 16.7. The van der Waals surface area contributed by atoms with Crippen LogP contribution >= 0.6 is 0 Å². The zero-order valence-electron chi connectivity index (χ0n) is 25.1. The van der Waals surface area contributed by atoms with Gasteiger partial charge in [-0.25, -0.2) is 4.79 Å². The predicted octanol–water partition coefficient (Wildman–Crippen LogP) is 1.74. The molecule has 6 atom stereocenters. The van der Waals surface area contributed by atoms with Crippen LogP contribution in [0.4, 0.5) is 0 Å². The first-order valence-corrected chi connectivity index (χ1v) is 13.6. The number of hydrogen-bond donors (Lipinski definition) is 1. The van der Waals surface area contributed by atoms with Gasteiger partial charge in [0.25, 0.3) is 0 Å². The molecule has 1 fully saturated rings. The number of esters is 5. The molecule has 1 aliphatic heterocycles. The van der Waals surface area contributed by atoms with E-state index in [0.717, 1.165) is 45.6 Å². The average Bonchev–Trinajstić information content (AvgIpc) is 2.94. The zero-order valence-corrected chi connectivity index (χ0v) is 25.1. The van der Waals surface area contributed by atoms with E-state index < -0.39 is 85.0 Å². The number of hydrogen-bond acceptors (Lipinski definition) is 13. The number of rotatable bonds is 11. The van der Waals surface area contributed by atoms with Crippen molar-refractivity contribution in [3.05, 3.63) is 42.5 Å². The fraction of sp³-hybridized carbons (Fsp3) is 0.467. The number of carbonyl (C=O) groups is 6. The molecule has 0 saturated carbocycles. The van der Waals surface area contributed by atoms with E-state index >= 15 is 0 Å². The maximum Gasteiger partial charge on any atom is 0.379 e. The van der Waals surface area contributed by atoms with E-state index in [2.05, 4.69) is 5.32 Å². The van der Waals surface area contributed by atoms with Crippen LogP contribution in [0.1, 0.15) is 41.0 Å². The molecule has 1 N–H and O–H groups in total. The van der Waals surface area contributed by atoms with Gasteiger partial charge < -0.3 is 38.5 Å². The van der Waals surface area contributed by atoms with E-state index in [4.69, 9.17) is 33.2 Å². The van der Waals surface area contributed by atoms with Crippen LogP contribution in [-0.2, 0) is 57.2 Å². The van der Waals surface area contributed by atoms with Crippen molar-refractivity contribution in [3.8, 4) is 5.75 Å². The van der Waals surface area contributed by atoms with Gasteiger partial charge in [0.1, 0.15) is 24.6 Å². The Morgan fingerprint density at radius 2 is 1.55 bits per heavy atom. The van der Waals surface area contributed by atoms with Crippen LogP contribution in [0.5, 0.6) is 5.75 Å². The summed E-state index contributed by atoms with van der Waals surface area (Å²) in [5, 5.41) is 4.25. The summed E-state index contributed by atoms with van der Waals surface area (Å²) in [6.45, 7) is 4.93. The molecule has 1 heterocycles. The lowest BCUT2D eigenvalue weighted by Crippen LogP contribution is -2.70. The summed E-state index contributed by atoms with van der Waals surface area (Å²) in [6, 6.07) is 11.0. The molecule has 14 nitrogen and oxygen atoms in total. The zero-order chi connectivity index (χ0) is 32.6. The Labute approximate surface area is 253 Å². The van der Waals surface area contributed by atoms with Gasteiger partial charge in [-0.2, -0.15) is 0 Å². The van der Waals surface area contributed by atoms with Crippen molar-refractivity contribution in [1.29, 1.82) is 0 Å². The third-order valence-corrected chi connectivity index (χ3v) is 6.50. The molecule has 2 aromatic rings. The number of amides is 1. The topological polar surface area (TPSA) is 179 Å². The summed E-state index contributed by atoms with van der Waals surface area (Å²) in [7, 11) is 1.08. The van der Waals surface area contributed by atoms with Gasteiger partial charge in [-0.1, -0.05) is 30.3 Å². The molecule has 0 radical (unpaired) electrons. The van der Waals surface area contributed by atoms with Crippen LogP contribution in [0.2, 0.25) is 0 Å². The van der Waals surface area contributed by atoms with E-state index in [0.29, 0.717) is 0 Å². The van der Waals surface area contributed by atoms with Crippen molar-refractivity contribution in [1.82, 2.24) is 5.32 Å². The van der Waals surface area contributed by atoms with Gasteiger partial charge in [-0.05, 0) is 22.9 Å². The standard InChI is InChI=1S/C30H35NO13/c1-16(32)31-26-24(40-18(3)34)14-30(29(37)38-6,43-23-12-11-21-9-7-8-10-22(21)13-23)44-28(26)27(42-20(5)36)25(41-19(4)35)15-39-17(2)33/h7-13,24-28H,14-15H2,1-6H3,(H,31,32)/t24-,25+,26+,27-,28+,30-/m0/s1. The first kappa shape index (κ1) is 33.8. The first-order valence-electron chi connectivity index (χ1n) is 13.6. The van der Waals surface area contributed by atoms with Crippen molar-refractivity contribution in [3.63, 3.8) is 0 Å². The van der Waals surface area contributed by atoms with Gasteiger partial charge in [0.2, 0.25) is 5.91 Å². The lowest BCUT2D eigenvalue weighted by atomic mass is 9.88. The van der Waals surface area contributed by atoms with Crippen molar-refractivity contribution in [2.24, 2.45) is 0 Å². The Morgan fingerprint density at radius 3 is 2.11 bits per heavy atom. The number of fused-ring (bicyclic) bond motifs is 1. The number of ether oxygens (including phenoxy) is 7. The van der Waals surface area contributed by atoms with Crippen molar-refractivity contribution < 1.29 is 61.9 Å². The minimum atomic E-state index is -2.35. The lowest BCUT2D eigenvalue weighted by molar-refractivity contribution is -0.289. The molecule has 14 heteroatoms. The van der Waals surface area contributed by atoms with Gasteiger partial charge in [-0.15, -0.1) is 0 Å². The third-order valence-electron chi connectivity index (χ3n) is 6.50. The van der Waals surface area contributed by atoms with Gasteiger partial charge >= 0.3 is 35.6 Å². The summed E-state index contributed by atoms with van der Waals surface area (Å²) < 4.78 is 39.0. The van der Waals surface area contributed by atoms with Gasteiger partial charge in [0, 0.05) is 34.6 Å². The molecule has 0 aromatic heterocycles. The van der Waals surface area contributed by atoms with Crippen LogP contribution in [0, 0.1) is 0 Å². The van der Waals surface area contributed by atoms with Crippen LogP contribution in [-0.4, -0.2) is 85.7 Å².